The molecule has 0 aromatic heterocycles. The summed E-state index contributed by atoms with van der Waals surface area (Å²) in [6.07, 6.45) is 0. The van der Waals surface area contributed by atoms with Crippen molar-refractivity contribution < 1.29 is 22.7 Å². The average molecular weight is 473 g/mol. The quantitative estimate of drug-likeness (QED) is 0.574. The van der Waals surface area contributed by atoms with Crippen LogP contribution in [-0.4, -0.2) is 44.9 Å². The number of benzene rings is 3. The number of para-hydroxylation sites is 3. The SMILES string of the molecule is O=C(Nc1ccccc1Oc1ccccc1Cl)c1cccc(S(=O)(=O)N2CCOCC2)c1. The van der Waals surface area contributed by atoms with Crippen LogP contribution in [0.15, 0.2) is 77.7 Å². The number of nitrogens with zero attached hydrogens (tertiary/aromatic N) is 1. The molecule has 1 amide bonds. The van der Waals surface area contributed by atoms with Gasteiger partial charge in [-0.2, -0.15) is 4.31 Å². The normalized spacial score (nSPS) is 14.7. The van der Waals surface area contributed by atoms with E-state index in [2.05, 4.69) is 5.32 Å². The molecule has 1 saturated heterocycles. The first-order chi connectivity index (χ1) is 15.4. The van der Waals surface area contributed by atoms with E-state index in [-0.39, 0.29) is 23.5 Å². The van der Waals surface area contributed by atoms with Crippen molar-refractivity contribution in [3.63, 3.8) is 0 Å². The highest BCUT2D eigenvalue weighted by atomic mass is 35.5. The van der Waals surface area contributed by atoms with Crippen LogP contribution >= 0.6 is 11.6 Å². The summed E-state index contributed by atoms with van der Waals surface area (Å²) in [5, 5.41) is 3.23. The Labute approximate surface area is 191 Å². The third-order valence-corrected chi connectivity index (χ3v) is 7.10. The number of rotatable bonds is 6. The van der Waals surface area contributed by atoms with E-state index in [9.17, 15) is 13.2 Å². The molecule has 0 atom stereocenters. The molecule has 3 aromatic rings. The fourth-order valence-corrected chi connectivity index (χ4v) is 4.86. The van der Waals surface area contributed by atoms with Crippen molar-refractivity contribution in [2.45, 2.75) is 4.90 Å². The molecular formula is C23H21ClN2O5S. The number of carbonyl (C=O) groups excluding carboxylic acids is 1. The maximum atomic E-state index is 12.9. The van der Waals surface area contributed by atoms with Gasteiger partial charge in [-0.15, -0.1) is 0 Å². The lowest BCUT2D eigenvalue weighted by Crippen LogP contribution is -2.40. The summed E-state index contributed by atoms with van der Waals surface area (Å²) in [7, 11) is -3.71. The summed E-state index contributed by atoms with van der Waals surface area (Å²) >= 11 is 6.17. The third kappa shape index (κ3) is 4.94. The first kappa shape index (κ1) is 22.3. The van der Waals surface area contributed by atoms with Crippen LogP contribution in [-0.2, 0) is 14.8 Å². The van der Waals surface area contributed by atoms with Crippen LogP contribution in [0.2, 0.25) is 5.02 Å². The number of carbonyl (C=O) groups is 1. The lowest BCUT2D eigenvalue weighted by atomic mass is 10.2. The molecule has 166 valence electrons. The van der Waals surface area contributed by atoms with Gasteiger partial charge in [0.2, 0.25) is 10.0 Å². The van der Waals surface area contributed by atoms with Crippen molar-refractivity contribution in [3.8, 4) is 11.5 Å². The lowest BCUT2D eigenvalue weighted by molar-refractivity contribution is 0.0730. The number of anilines is 1. The van der Waals surface area contributed by atoms with Crippen LogP contribution in [0.1, 0.15) is 10.4 Å². The summed E-state index contributed by atoms with van der Waals surface area (Å²) in [4.78, 5) is 13.0. The van der Waals surface area contributed by atoms with Gasteiger partial charge < -0.3 is 14.8 Å². The monoisotopic (exact) mass is 472 g/mol. The first-order valence-electron chi connectivity index (χ1n) is 9.96. The van der Waals surface area contributed by atoms with Gasteiger partial charge >= 0.3 is 0 Å². The largest absolute Gasteiger partial charge is 0.454 e. The summed E-state index contributed by atoms with van der Waals surface area (Å²) in [5.41, 5.74) is 0.644. The number of morpholine rings is 1. The lowest BCUT2D eigenvalue weighted by Gasteiger charge is -2.26. The van der Waals surface area contributed by atoms with E-state index in [4.69, 9.17) is 21.1 Å². The molecule has 32 heavy (non-hydrogen) atoms. The molecule has 1 heterocycles. The molecule has 1 aliphatic heterocycles. The highest BCUT2D eigenvalue weighted by Gasteiger charge is 2.27. The van der Waals surface area contributed by atoms with Crippen LogP contribution in [0.25, 0.3) is 0 Å². The molecule has 0 saturated carbocycles. The molecule has 9 heteroatoms. The average Bonchev–Trinajstić information content (AvgIpc) is 2.82. The molecule has 0 radical (unpaired) electrons. The molecule has 1 N–H and O–H groups in total. The minimum atomic E-state index is -3.71. The Morgan fingerprint density at radius 3 is 2.38 bits per heavy atom. The van der Waals surface area contributed by atoms with Crippen molar-refractivity contribution in [1.29, 1.82) is 0 Å². The van der Waals surface area contributed by atoms with Crippen molar-refractivity contribution in [3.05, 3.63) is 83.4 Å². The summed E-state index contributed by atoms with van der Waals surface area (Å²) in [5.74, 6) is 0.403. The molecule has 3 aromatic carbocycles. The summed E-state index contributed by atoms with van der Waals surface area (Å²) in [6.45, 7) is 1.26. The second kappa shape index (κ2) is 9.70. The number of ether oxygens (including phenoxy) is 2. The minimum Gasteiger partial charge on any atom is -0.454 e. The van der Waals surface area contributed by atoms with E-state index >= 15 is 0 Å². The van der Waals surface area contributed by atoms with Gasteiger partial charge in [0.05, 0.1) is 28.8 Å². The van der Waals surface area contributed by atoms with Crippen molar-refractivity contribution in [2.75, 3.05) is 31.6 Å². The van der Waals surface area contributed by atoms with E-state index in [0.717, 1.165) is 0 Å². The predicted molar refractivity (Wildman–Crippen MR) is 122 cm³/mol. The van der Waals surface area contributed by atoms with Gasteiger partial charge in [-0.25, -0.2) is 8.42 Å². The van der Waals surface area contributed by atoms with Crippen LogP contribution < -0.4 is 10.1 Å². The van der Waals surface area contributed by atoms with Crippen molar-refractivity contribution in [1.82, 2.24) is 4.31 Å². The third-order valence-electron chi connectivity index (χ3n) is 4.90. The van der Waals surface area contributed by atoms with E-state index in [1.807, 2.05) is 0 Å². The summed E-state index contributed by atoms with van der Waals surface area (Å²) in [6, 6.07) is 19.9. The van der Waals surface area contributed by atoms with E-state index < -0.39 is 15.9 Å². The Morgan fingerprint density at radius 2 is 1.62 bits per heavy atom. The zero-order valence-corrected chi connectivity index (χ0v) is 18.6. The molecular weight excluding hydrogens is 452 g/mol. The van der Waals surface area contributed by atoms with Crippen LogP contribution in [0.4, 0.5) is 5.69 Å². The summed E-state index contributed by atoms with van der Waals surface area (Å²) < 4.78 is 38.3. The standard InChI is InChI=1S/C23H21ClN2O5S/c24-19-8-1-3-10-21(19)31-22-11-4-2-9-20(22)25-23(27)17-6-5-7-18(16-17)32(28,29)26-12-14-30-15-13-26/h1-11,16H,12-15H2,(H,25,27). The van der Waals surface area contributed by atoms with Crippen LogP contribution in [0, 0.1) is 0 Å². The Kier molecular flexibility index (Phi) is 6.76. The molecule has 4 rings (SSSR count). The Balaban J connectivity index is 1.55. The van der Waals surface area contributed by atoms with E-state index in [1.54, 1.807) is 60.7 Å². The number of halogens is 1. The molecule has 1 fully saturated rings. The van der Waals surface area contributed by atoms with Gasteiger partial charge in [0.15, 0.2) is 5.75 Å². The topological polar surface area (TPSA) is 84.9 Å². The van der Waals surface area contributed by atoms with Crippen molar-refractivity contribution >= 4 is 33.2 Å². The van der Waals surface area contributed by atoms with Gasteiger partial charge in [0, 0.05) is 18.7 Å². The second-order valence-electron chi connectivity index (χ2n) is 7.03. The first-order valence-corrected chi connectivity index (χ1v) is 11.8. The van der Waals surface area contributed by atoms with E-state index in [0.29, 0.717) is 35.4 Å². The highest BCUT2D eigenvalue weighted by molar-refractivity contribution is 7.89. The Morgan fingerprint density at radius 1 is 0.938 bits per heavy atom. The maximum absolute atomic E-state index is 12.9. The van der Waals surface area contributed by atoms with Crippen LogP contribution in [0.5, 0.6) is 11.5 Å². The van der Waals surface area contributed by atoms with Gasteiger partial charge in [0.1, 0.15) is 5.75 Å². The fraction of sp³-hybridized carbons (Fsp3) is 0.174. The number of nitrogens with one attached hydrogen (secondary N) is 1. The maximum Gasteiger partial charge on any atom is 0.255 e. The number of amides is 1. The van der Waals surface area contributed by atoms with Gasteiger partial charge in [-0.05, 0) is 42.5 Å². The smallest absolute Gasteiger partial charge is 0.255 e. The number of hydrogen-bond donors (Lipinski definition) is 1. The van der Waals surface area contributed by atoms with Gasteiger partial charge in [-0.3, -0.25) is 4.79 Å². The molecule has 0 unspecified atom stereocenters. The molecule has 0 bridgehead atoms. The van der Waals surface area contributed by atoms with Crippen LogP contribution in [0.3, 0.4) is 0 Å². The highest BCUT2D eigenvalue weighted by Crippen LogP contribution is 2.33. The van der Waals surface area contributed by atoms with Gasteiger partial charge in [0.25, 0.3) is 5.91 Å². The van der Waals surface area contributed by atoms with E-state index in [1.165, 1.54) is 16.4 Å². The Hall–Kier alpha value is -2.91. The van der Waals surface area contributed by atoms with Crippen molar-refractivity contribution in [2.24, 2.45) is 0 Å². The zero-order valence-electron chi connectivity index (χ0n) is 17.0. The minimum absolute atomic E-state index is 0.0626. The van der Waals surface area contributed by atoms with Gasteiger partial charge in [-0.1, -0.05) is 41.9 Å². The predicted octanol–water partition coefficient (Wildman–Crippen LogP) is 4.41. The zero-order chi connectivity index (χ0) is 22.6. The fourth-order valence-electron chi connectivity index (χ4n) is 3.23. The molecule has 0 aliphatic carbocycles. The Bertz CT molecular complexity index is 1230. The number of sulfonamides is 1. The second-order valence-corrected chi connectivity index (χ2v) is 9.37. The molecule has 0 spiro atoms. The number of hydrogen-bond acceptors (Lipinski definition) is 5. The molecule has 1 aliphatic rings. The molecule has 7 nitrogen and oxygen atoms in total.